The monoisotopic (exact) mass is 145 g/mol. The zero-order valence-electron chi connectivity index (χ0n) is 5.76. The molecule has 0 aromatic carbocycles. The van der Waals surface area contributed by atoms with E-state index in [9.17, 15) is 4.79 Å². The van der Waals surface area contributed by atoms with Gasteiger partial charge in [-0.25, -0.2) is 0 Å². The predicted molar refractivity (Wildman–Crippen MR) is 39.6 cm³/mol. The Morgan fingerprint density at radius 1 is 1.78 bits per heavy atom. The van der Waals surface area contributed by atoms with Gasteiger partial charge in [-0.3, -0.25) is 4.79 Å². The summed E-state index contributed by atoms with van der Waals surface area (Å²) in [5.74, 6) is 0.286. The Bertz CT molecular complexity index is 126. The van der Waals surface area contributed by atoms with E-state index in [4.69, 9.17) is 0 Å². The third-order valence-electron chi connectivity index (χ3n) is 1.64. The molecule has 0 spiro atoms. The Balaban J connectivity index is 2.44. The maximum Gasteiger partial charge on any atom is 0.223 e. The van der Waals surface area contributed by atoms with Gasteiger partial charge in [-0.1, -0.05) is 0 Å². The van der Waals surface area contributed by atoms with Crippen LogP contribution in [0.1, 0.15) is 6.42 Å². The normalized spacial score (nSPS) is 27.6. The first-order valence-corrected chi connectivity index (χ1v) is 4.29. The van der Waals surface area contributed by atoms with Crippen LogP contribution in [0.3, 0.4) is 0 Å². The van der Waals surface area contributed by atoms with Gasteiger partial charge in [0, 0.05) is 25.3 Å². The van der Waals surface area contributed by atoms with Gasteiger partial charge >= 0.3 is 0 Å². The van der Waals surface area contributed by atoms with Gasteiger partial charge in [0.15, 0.2) is 0 Å². The summed E-state index contributed by atoms with van der Waals surface area (Å²) in [6, 6.07) is 0. The zero-order valence-corrected chi connectivity index (χ0v) is 6.57. The summed E-state index contributed by atoms with van der Waals surface area (Å²) in [6.07, 6.45) is 2.79. The van der Waals surface area contributed by atoms with Crippen LogP contribution in [0, 0.1) is 0 Å². The lowest BCUT2D eigenvalue weighted by Crippen LogP contribution is -2.19. The number of carbonyl (C=O) groups is 1. The molecule has 1 unspecified atom stereocenters. The lowest BCUT2D eigenvalue weighted by atomic mass is 10.4. The van der Waals surface area contributed by atoms with Crippen LogP contribution in [-0.4, -0.2) is 35.9 Å². The molecular formula is C6H11NOS. The molecule has 52 valence electrons. The standard InChI is InChI=1S/C6H11NOS/c1-7-4-5(9-2)3-6(7)8/h5H,3-4H2,1-2H3. The third kappa shape index (κ3) is 1.39. The Labute approximate surface area is 59.6 Å². The van der Waals surface area contributed by atoms with Crippen LogP contribution < -0.4 is 0 Å². The molecule has 0 bridgehead atoms. The highest BCUT2D eigenvalue weighted by molar-refractivity contribution is 7.99. The van der Waals surface area contributed by atoms with Crippen molar-refractivity contribution in [3.63, 3.8) is 0 Å². The second kappa shape index (κ2) is 2.60. The van der Waals surface area contributed by atoms with Crippen LogP contribution in [-0.2, 0) is 4.79 Å². The molecule has 1 fully saturated rings. The average Bonchev–Trinajstić information content (AvgIpc) is 2.13. The lowest BCUT2D eigenvalue weighted by molar-refractivity contribution is -0.126. The number of rotatable bonds is 1. The molecule has 2 nitrogen and oxygen atoms in total. The molecule has 1 saturated heterocycles. The molecule has 9 heavy (non-hydrogen) atoms. The van der Waals surface area contributed by atoms with Crippen molar-refractivity contribution in [3.8, 4) is 0 Å². The van der Waals surface area contributed by atoms with Crippen LogP contribution in [0.5, 0.6) is 0 Å². The van der Waals surface area contributed by atoms with Gasteiger partial charge in [-0.05, 0) is 6.26 Å². The van der Waals surface area contributed by atoms with Gasteiger partial charge in [-0.2, -0.15) is 11.8 Å². The van der Waals surface area contributed by atoms with E-state index in [1.807, 2.05) is 7.05 Å². The molecule has 1 heterocycles. The summed E-state index contributed by atoms with van der Waals surface area (Å²) < 4.78 is 0. The minimum atomic E-state index is 0.286. The van der Waals surface area contributed by atoms with Crippen molar-refractivity contribution in [2.45, 2.75) is 11.7 Å². The molecule has 1 amide bonds. The summed E-state index contributed by atoms with van der Waals surface area (Å²) >= 11 is 1.78. The first-order chi connectivity index (χ1) is 4.24. The molecule has 0 aromatic heterocycles. The lowest BCUT2D eigenvalue weighted by Gasteiger charge is -2.06. The smallest absolute Gasteiger partial charge is 0.223 e. The fraction of sp³-hybridized carbons (Fsp3) is 0.833. The summed E-state index contributed by atoms with van der Waals surface area (Å²) in [5, 5.41) is 0.544. The van der Waals surface area contributed by atoms with Crippen molar-refractivity contribution in [2.75, 3.05) is 19.8 Å². The Kier molecular flexibility index (Phi) is 2.01. The molecule has 1 atom stereocenters. The summed E-state index contributed by atoms with van der Waals surface area (Å²) in [4.78, 5) is 12.6. The minimum absolute atomic E-state index is 0.286. The topological polar surface area (TPSA) is 20.3 Å². The van der Waals surface area contributed by atoms with Gasteiger partial charge in [0.2, 0.25) is 5.91 Å². The molecule has 3 heteroatoms. The first-order valence-electron chi connectivity index (χ1n) is 3.01. The fourth-order valence-corrected chi connectivity index (χ4v) is 1.66. The predicted octanol–water partition coefficient (Wildman–Crippen LogP) is 0.580. The summed E-state index contributed by atoms with van der Waals surface area (Å²) in [7, 11) is 1.86. The Morgan fingerprint density at radius 2 is 2.44 bits per heavy atom. The van der Waals surface area contributed by atoms with E-state index in [2.05, 4.69) is 6.26 Å². The van der Waals surface area contributed by atoms with E-state index in [1.165, 1.54) is 0 Å². The van der Waals surface area contributed by atoms with Crippen molar-refractivity contribution >= 4 is 17.7 Å². The summed E-state index contributed by atoms with van der Waals surface area (Å²) in [5.41, 5.74) is 0. The Hall–Kier alpha value is -0.180. The van der Waals surface area contributed by atoms with Crippen molar-refractivity contribution in [2.24, 2.45) is 0 Å². The molecule has 0 aliphatic carbocycles. The largest absolute Gasteiger partial charge is 0.345 e. The molecule has 1 aliphatic heterocycles. The van der Waals surface area contributed by atoms with Crippen LogP contribution in [0.25, 0.3) is 0 Å². The van der Waals surface area contributed by atoms with Crippen LogP contribution in [0.4, 0.5) is 0 Å². The number of thioether (sulfide) groups is 1. The minimum Gasteiger partial charge on any atom is -0.345 e. The molecule has 0 N–H and O–H groups in total. The van der Waals surface area contributed by atoms with Crippen LogP contribution >= 0.6 is 11.8 Å². The van der Waals surface area contributed by atoms with E-state index >= 15 is 0 Å². The molecule has 1 rings (SSSR count). The number of hydrogen-bond donors (Lipinski definition) is 0. The van der Waals surface area contributed by atoms with E-state index < -0.39 is 0 Å². The van der Waals surface area contributed by atoms with Gasteiger partial charge in [-0.15, -0.1) is 0 Å². The average molecular weight is 145 g/mol. The molecule has 0 saturated carbocycles. The third-order valence-corrected chi connectivity index (χ3v) is 2.62. The van der Waals surface area contributed by atoms with E-state index in [1.54, 1.807) is 16.7 Å². The fourth-order valence-electron chi connectivity index (χ4n) is 0.980. The van der Waals surface area contributed by atoms with E-state index in [0.717, 1.165) is 13.0 Å². The number of amides is 1. The highest BCUT2D eigenvalue weighted by Gasteiger charge is 2.25. The van der Waals surface area contributed by atoms with Crippen molar-refractivity contribution in [1.82, 2.24) is 4.90 Å². The number of likely N-dealkylation sites (tertiary alicyclic amines) is 1. The van der Waals surface area contributed by atoms with Crippen LogP contribution in [0.15, 0.2) is 0 Å². The number of carbonyl (C=O) groups excluding carboxylic acids is 1. The first kappa shape index (κ1) is 6.93. The second-order valence-electron chi connectivity index (χ2n) is 2.34. The van der Waals surface area contributed by atoms with Gasteiger partial charge in [0.05, 0.1) is 0 Å². The molecular weight excluding hydrogens is 134 g/mol. The zero-order chi connectivity index (χ0) is 6.85. The number of hydrogen-bond acceptors (Lipinski definition) is 2. The van der Waals surface area contributed by atoms with E-state index in [0.29, 0.717) is 5.25 Å². The van der Waals surface area contributed by atoms with Crippen LogP contribution in [0.2, 0.25) is 0 Å². The number of nitrogens with zero attached hydrogens (tertiary/aromatic N) is 1. The molecule has 0 aromatic rings. The second-order valence-corrected chi connectivity index (χ2v) is 3.47. The van der Waals surface area contributed by atoms with Crippen molar-refractivity contribution < 1.29 is 4.79 Å². The van der Waals surface area contributed by atoms with Gasteiger partial charge < -0.3 is 4.90 Å². The maximum atomic E-state index is 10.9. The molecule has 1 aliphatic rings. The Morgan fingerprint density at radius 3 is 2.67 bits per heavy atom. The van der Waals surface area contributed by atoms with Crippen molar-refractivity contribution in [1.29, 1.82) is 0 Å². The van der Waals surface area contributed by atoms with E-state index in [-0.39, 0.29) is 5.91 Å². The SMILES string of the molecule is CSC1CC(=O)N(C)C1. The van der Waals surface area contributed by atoms with Crippen molar-refractivity contribution in [3.05, 3.63) is 0 Å². The quantitative estimate of drug-likeness (QED) is 0.538. The van der Waals surface area contributed by atoms with Gasteiger partial charge in [0.25, 0.3) is 0 Å². The highest BCUT2D eigenvalue weighted by atomic mass is 32.2. The highest BCUT2D eigenvalue weighted by Crippen LogP contribution is 2.19. The maximum absolute atomic E-state index is 10.9. The molecule has 0 radical (unpaired) electrons. The van der Waals surface area contributed by atoms with Gasteiger partial charge in [0.1, 0.15) is 0 Å². The summed E-state index contributed by atoms with van der Waals surface area (Å²) in [6.45, 7) is 0.931.